The number of fused-ring (bicyclic) bond motifs is 1. The van der Waals surface area contributed by atoms with Crippen molar-refractivity contribution >= 4 is 11.3 Å². The summed E-state index contributed by atoms with van der Waals surface area (Å²) in [7, 11) is 3.75. The van der Waals surface area contributed by atoms with Gasteiger partial charge < -0.3 is 14.4 Å². The van der Waals surface area contributed by atoms with Crippen LogP contribution in [0.3, 0.4) is 0 Å². The SMILES string of the molecule is COc1ccc(C(O)CN2CCc3c(nc(-c4cccs4)n3C)C2)cc1. The zero-order chi connectivity index (χ0) is 18.1. The summed E-state index contributed by atoms with van der Waals surface area (Å²) in [6, 6.07) is 11.8. The summed E-state index contributed by atoms with van der Waals surface area (Å²) in [6.07, 6.45) is 0.447. The summed E-state index contributed by atoms with van der Waals surface area (Å²) < 4.78 is 7.40. The second-order valence-corrected chi connectivity index (χ2v) is 7.59. The fraction of sp³-hybridized carbons (Fsp3) is 0.350. The van der Waals surface area contributed by atoms with Crippen molar-refractivity contribution in [3.05, 3.63) is 58.7 Å². The van der Waals surface area contributed by atoms with Crippen molar-refractivity contribution in [2.24, 2.45) is 7.05 Å². The number of rotatable bonds is 5. The zero-order valence-electron chi connectivity index (χ0n) is 15.1. The lowest BCUT2D eigenvalue weighted by atomic mass is 10.1. The number of imidazole rings is 1. The summed E-state index contributed by atoms with van der Waals surface area (Å²) in [6.45, 7) is 2.32. The van der Waals surface area contributed by atoms with Crippen molar-refractivity contribution < 1.29 is 9.84 Å². The number of aliphatic hydroxyl groups excluding tert-OH is 1. The maximum Gasteiger partial charge on any atom is 0.150 e. The molecule has 0 amide bonds. The van der Waals surface area contributed by atoms with Crippen LogP contribution in [0.25, 0.3) is 10.7 Å². The molecule has 1 aliphatic rings. The summed E-state index contributed by atoms with van der Waals surface area (Å²) >= 11 is 1.72. The highest BCUT2D eigenvalue weighted by Crippen LogP contribution is 2.29. The molecule has 1 unspecified atom stereocenters. The Morgan fingerprint density at radius 2 is 2.08 bits per heavy atom. The Morgan fingerprint density at radius 1 is 1.27 bits per heavy atom. The van der Waals surface area contributed by atoms with Gasteiger partial charge in [0.25, 0.3) is 0 Å². The van der Waals surface area contributed by atoms with Gasteiger partial charge in [-0.3, -0.25) is 4.90 Å². The van der Waals surface area contributed by atoms with Gasteiger partial charge in [-0.25, -0.2) is 4.98 Å². The van der Waals surface area contributed by atoms with E-state index < -0.39 is 6.10 Å². The molecule has 6 heteroatoms. The minimum absolute atomic E-state index is 0.511. The molecule has 1 N–H and O–H groups in total. The van der Waals surface area contributed by atoms with Crippen LogP contribution in [0.5, 0.6) is 5.75 Å². The van der Waals surface area contributed by atoms with Gasteiger partial charge in [0.05, 0.1) is 23.8 Å². The van der Waals surface area contributed by atoms with Crippen molar-refractivity contribution in [1.29, 1.82) is 0 Å². The van der Waals surface area contributed by atoms with Crippen LogP contribution in [-0.2, 0) is 20.0 Å². The lowest BCUT2D eigenvalue weighted by Crippen LogP contribution is -2.34. The third-order valence-corrected chi connectivity index (χ3v) is 5.87. The minimum Gasteiger partial charge on any atom is -0.497 e. The van der Waals surface area contributed by atoms with E-state index in [1.807, 2.05) is 24.3 Å². The first-order chi connectivity index (χ1) is 12.7. The van der Waals surface area contributed by atoms with Crippen LogP contribution in [0.4, 0.5) is 0 Å². The number of benzene rings is 1. The van der Waals surface area contributed by atoms with Crippen molar-refractivity contribution in [1.82, 2.24) is 14.5 Å². The van der Waals surface area contributed by atoms with Gasteiger partial charge in [0.15, 0.2) is 0 Å². The maximum absolute atomic E-state index is 10.6. The summed E-state index contributed by atoms with van der Waals surface area (Å²) in [5.74, 6) is 1.85. The van der Waals surface area contributed by atoms with Crippen LogP contribution in [-0.4, -0.2) is 39.8 Å². The number of thiophene rings is 1. The predicted octanol–water partition coefficient (Wildman–Crippen LogP) is 3.25. The third kappa shape index (κ3) is 3.28. The van der Waals surface area contributed by atoms with Gasteiger partial charge in [0, 0.05) is 38.8 Å². The van der Waals surface area contributed by atoms with Crippen molar-refractivity contribution in [3.63, 3.8) is 0 Å². The number of aromatic nitrogens is 2. The van der Waals surface area contributed by atoms with Crippen molar-refractivity contribution in [2.45, 2.75) is 19.1 Å². The Morgan fingerprint density at radius 3 is 2.77 bits per heavy atom. The standard InChI is InChI=1S/C20H23N3O2S/c1-22-17-9-10-23(12-16(17)21-20(22)19-4-3-11-26-19)13-18(24)14-5-7-15(25-2)8-6-14/h3-8,11,18,24H,9-10,12-13H2,1-2H3. The molecule has 3 heterocycles. The number of ether oxygens (including phenoxy) is 1. The average Bonchev–Trinajstić information content (AvgIpc) is 3.30. The Kier molecular flexibility index (Phi) is 4.80. The molecule has 136 valence electrons. The van der Waals surface area contributed by atoms with Crippen LogP contribution in [0.1, 0.15) is 23.1 Å². The monoisotopic (exact) mass is 369 g/mol. The van der Waals surface area contributed by atoms with E-state index in [1.54, 1.807) is 18.4 Å². The highest BCUT2D eigenvalue weighted by Gasteiger charge is 2.25. The third-order valence-electron chi connectivity index (χ3n) is 5.01. The van der Waals surface area contributed by atoms with Gasteiger partial charge in [0.1, 0.15) is 11.6 Å². The van der Waals surface area contributed by atoms with Crippen LogP contribution < -0.4 is 4.74 Å². The molecule has 1 aliphatic heterocycles. The number of aliphatic hydroxyl groups is 1. The number of methoxy groups -OCH3 is 1. The number of β-amino-alcohol motifs (C(OH)–C–C–N with tert-alkyl or cyclic N) is 1. The summed E-state index contributed by atoms with van der Waals surface area (Å²) in [5, 5.41) is 12.7. The molecule has 1 atom stereocenters. The highest BCUT2D eigenvalue weighted by molar-refractivity contribution is 7.13. The van der Waals surface area contributed by atoms with Gasteiger partial charge in [-0.1, -0.05) is 18.2 Å². The van der Waals surface area contributed by atoms with Gasteiger partial charge >= 0.3 is 0 Å². The fourth-order valence-electron chi connectivity index (χ4n) is 3.54. The zero-order valence-corrected chi connectivity index (χ0v) is 15.9. The first kappa shape index (κ1) is 17.3. The second-order valence-electron chi connectivity index (χ2n) is 6.64. The van der Waals surface area contributed by atoms with E-state index in [1.165, 1.54) is 10.6 Å². The normalized spacial score (nSPS) is 15.7. The predicted molar refractivity (Wildman–Crippen MR) is 103 cm³/mol. The first-order valence-electron chi connectivity index (χ1n) is 8.78. The summed E-state index contributed by atoms with van der Waals surface area (Å²) in [4.78, 5) is 8.36. The van der Waals surface area contributed by atoms with Crippen molar-refractivity contribution in [2.75, 3.05) is 20.2 Å². The number of hydrogen-bond donors (Lipinski definition) is 1. The number of hydrogen-bond acceptors (Lipinski definition) is 5. The Labute approximate surface area is 157 Å². The molecule has 26 heavy (non-hydrogen) atoms. The van der Waals surface area contributed by atoms with E-state index in [4.69, 9.17) is 9.72 Å². The first-order valence-corrected chi connectivity index (χ1v) is 9.66. The minimum atomic E-state index is -0.511. The van der Waals surface area contributed by atoms with Crippen LogP contribution in [0, 0.1) is 0 Å². The molecule has 5 nitrogen and oxygen atoms in total. The fourth-order valence-corrected chi connectivity index (χ4v) is 4.29. The molecular formula is C20H23N3O2S. The van der Waals surface area contributed by atoms with E-state index >= 15 is 0 Å². The molecular weight excluding hydrogens is 346 g/mol. The molecule has 4 rings (SSSR count). The molecule has 0 saturated heterocycles. The van der Waals surface area contributed by atoms with Gasteiger partial charge in [-0.15, -0.1) is 11.3 Å². The Bertz CT molecular complexity index is 871. The van der Waals surface area contributed by atoms with Gasteiger partial charge in [0.2, 0.25) is 0 Å². The van der Waals surface area contributed by atoms with E-state index in [0.29, 0.717) is 6.54 Å². The second kappa shape index (κ2) is 7.23. The van der Waals surface area contributed by atoms with Gasteiger partial charge in [-0.2, -0.15) is 0 Å². The molecule has 0 radical (unpaired) electrons. The quantitative estimate of drug-likeness (QED) is 0.750. The van der Waals surface area contributed by atoms with Crippen LogP contribution in [0.2, 0.25) is 0 Å². The van der Waals surface area contributed by atoms with E-state index in [0.717, 1.165) is 42.3 Å². The van der Waals surface area contributed by atoms with Crippen LogP contribution >= 0.6 is 11.3 Å². The Hall–Kier alpha value is -2.15. The van der Waals surface area contributed by atoms with Crippen LogP contribution in [0.15, 0.2) is 41.8 Å². The molecule has 3 aromatic rings. The maximum atomic E-state index is 10.6. The molecule has 0 spiro atoms. The highest BCUT2D eigenvalue weighted by atomic mass is 32.1. The lowest BCUT2D eigenvalue weighted by molar-refractivity contribution is 0.104. The van der Waals surface area contributed by atoms with Gasteiger partial charge in [-0.05, 0) is 29.1 Å². The Balaban J connectivity index is 1.47. The smallest absolute Gasteiger partial charge is 0.150 e. The molecule has 0 aliphatic carbocycles. The van der Waals surface area contributed by atoms with E-state index in [-0.39, 0.29) is 0 Å². The van der Waals surface area contributed by atoms with Crippen molar-refractivity contribution in [3.8, 4) is 16.5 Å². The lowest BCUT2D eigenvalue weighted by Gasteiger charge is -2.28. The molecule has 1 aromatic carbocycles. The molecule has 0 fully saturated rings. The molecule has 0 saturated carbocycles. The number of nitrogens with zero attached hydrogens (tertiary/aromatic N) is 3. The van der Waals surface area contributed by atoms with E-state index in [9.17, 15) is 5.11 Å². The summed E-state index contributed by atoms with van der Waals surface area (Å²) in [5.41, 5.74) is 3.35. The average molecular weight is 369 g/mol. The largest absolute Gasteiger partial charge is 0.497 e. The molecule has 2 aromatic heterocycles. The van der Waals surface area contributed by atoms with E-state index in [2.05, 4.69) is 34.0 Å². The topological polar surface area (TPSA) is 50.5 Å². The molecule has 0 bridgehead atoms.